The maximum Gasteiger partial charge on any atom is 0.307 e. The molecule has 0 spiro atoms. The Morgan fingerprint density at radius 1 is 0.462 bits per heavy atom. The minimum atomic E-state index is -1.93. The Morgan fingerprint density at radius 3 is 1.24 bits per heavy atom. The lowest BCUT2D eigenvalue weighted by Gasteiger charge is -2.45. The van der Waals surface area contributed by atoms with Gasteiger partial charge in [-0.3, -0.25) is 28.8 Å². The Kier molecular flexibility index (Phi) is 34.4. The van der Waals surface area contributed by atoms with Gasteiger partial charge in [0, 0.05) is 12.8 Å². The molecule has 4 fully saturated rings. The zero-order valence-corrected chi connectivity index (χ0v) is 61.2. The highest BCUT2D eigenvalue weighted by Crippen LogP contribution is 2.43. The molecule has 0 amide bonds. The van der Waals surface area contributed by atoms with Crippen LogP contribution >= 0.6 is 0 Å². The van der Waals surface area contributed by atoms with Gasteiger partial charge in [0.25, 0.3) is 0 Å². The normalized spacial score (nSPS) is 34.5. The van der Waals surface area contributed by atoms with E-state index < -0.39 is 215 Å². The van der Waals surface area contributed by atoms with E-state index in [1.165, 1.54) is 5.57 Å². The van der Waals surface area contributed by atoms with Crippen molar-refractivity contribution in [3.05, 3.63) is 130 Å². The summed E-state index contributed by atoms with van der Waals surface area (Å²) >= 11 is 0. The molecule has 13 N–H and O–H groups in total. The summed E-state index contributed by atoms with van der Waals surface area (Å²) in [6.07, 6.45) is -8.62. The van der Waals surface area contributed by atoms with Crippen LogP contribution in [0.4, 0.5) is 0 Å². The van der Waals surface area contributed by atoms with Crippen molar-refractivity contribution >= 4 is 35.4 Å². The van der Waals surface area contributed by atoms with Crippen LogP contribution in [0.15, 0.2) is 130 Å². The van der Waals surface area contributed by atoms with Crippen LogP contribution in [0.5, 0.6) is 0 Å². The third-order valence-electron chi connectivity index (χ3n) is 18.4. The standard InChI is InChI=1S/C41H58O15.C34H50O14/c1-22(2)11-8-9-12-23(3)13-10-14-24(4)15-16-26-25(5)32(45)27(19-41(26,6)7)53-31(44)18-17-30(43)52-21-29-38(35(48)36(49)39(51)54-29)56-40-37(50)34(47)33(46)28(20-42)55-40;1-7-9-10-17(3)11-12-19-18(4)25(37)21(15-34(19,5)6)45-24(36)14-13-23(35)44-16-22-31(28(40)29(41)32(43)46-22)48-33-30(42)27(39)26(38)20(8-2)47-33/h8-16,27-29,33-40,42,46-51H,17-21H2,1-7H3;7,9-12,20-22,26-33,38-43H,8,13-16H2,1-6H3/b9-8+,13-10+,16-15+,23-12+,24-14+;9-7+,12-11+,17-10+. The lowest BCUT2D eigenvalue weighted by Crippen LogP contribution is -2.64. The molecule has 0 bridgehead atoms. The number of Topliss-reactive ketones (excluding diaryl/α,β-unsaturated/α-hetero) is 2. The molecule has 0 aromatic rings. The highest BCUT2D eigenvalue weighted by Gasteiger charge is 2.53. The van der Waals surface area contributed by atoms with Crippen molar-refractivity contribution in [2.75, 3.05) is 19.8 Å². The van der Waals surface area contributed by atoms with Gasteiger partial charge in [0.2, 0.25) is 0 Å². The van der Waals surface area contributed by atoms with Gasteiger partial charge in [-0.05, 0) is 94.9 Å². The molecule has 2 aliphatic carbocycles. The number of aliphatic hydroxyl groups is 13. The molecule has 104 heavy (non-hydrogen) atoms. The molecule has 0 radical (unpaired) electrons. The second-order valence-electron chi connectivity index (χ2n) is 28.1. The van der Waals surface area contributed by atoms with Gasteiger partial charge in [0.1, 0.15) is 105 Å². The van der Waals surface area contributed by atoms with E-state index in [1.807, 2.05) is 154 Å². The van der Waals surface area contributed by atoms with E-state index in [0.29, 0.717) is 11.1 Å². The summed E-state index contributed by atoms with van der Waals surface area (Å²) in [5, 5.41) is 132. The zero-order chi connectivity index (χ0) is 77.8. The number of hydrogen-bond acceptors (Lipinski definition) is 29. The van der Waals surface area contributed by atoms with E-state index in [1.54, 1.807) is 20.8 Å². The first-order chi connectivity index (χ1) is 48.8. The molecule has 4 aliphatic heterocycles. The number of hydrogen-bond donors (Lipinski definition) is 13. The Labute approximate surface area is 606 Å². The van der Waals surface area contributed by atoms with Gasteiger partial charge in [-0.25, -0.2) is 0 Å². The van der Waals surface area contributed by atoms with Crippen LogP contribution in [0.2, 0.25) is 0 Å². The van der Waals surface area contributed by atoms with Crippen LogP contribution in [0.25, 0.3) is 0 Å². The summed E-state index contributed by atoms with van der Waals surface area (Å²) in [6, 6.07) is 0. The molecular formula is C75H108O29. The molecule has 6 aliphatic rings. The SMILES string of the molecule is C/C=C/C=C(C)/C=C/C1=C(C)C(=O)C(OC(=O)CCC(=O)OCC2OC(O)C(O)C(O)C2OC2OC(CC)C(O)C(O)C2O)CC1(C)C.CC(C)=C/C=C/C=C(C)/C=C/C=C(C)/C=C/C1=C(C)C(=O)C(OC(=O)CCC(=O)OCC2OC(O)C(O)C(O)C2OC2OC(CO)C(O)C(O)C2O)CC1(C)C. The first-order valence-electron chi connectivity index (χ1n) is 34.7. The third-order valence-corrected chi connectivity index (χ3v) is 18.4. The van der Waals surface area contributed by atoms with Gasteiger partial charge in [0.15, 0.2) is 48.9 Å². The molecule has 22 atom stereocenters. The van der Waals surface area contributed by atoms with E-state index in [9.17, 15) is 95.2 Å². The number of ketones is 2. The Hall–Kier alpha value is -6.40. The van der Waals surface area contributed by atoms with E-state index >= 15 is 0 Å². The Morgan fingerprint density at radius 2 is 0.837 bits per heavy atom. The van der Waals surface area contributed by atoms with Crippen LogP contribution < -0.4 is 0 Å². The number of carbonyl (C=O) groups is 6. The molecule has 0 aromatic heterocycles. The molecular weight excluding hydrogens is 1360 g/mol. The fourth-order valence-corrected chi connectivity index (χ4v) is 12.3. The van der Waals surface area contributed by atoms with Gasteiger partial charge in [0.05, 0.1) is 38.4 Å². The van der Waals surface area contributed by atoms with Crippen molar-refractivity contribution in [1.29, 1.82) is 0 Å². The van der Waals surface area contributed by atoms with E-state index in [2.05, 4.69) is 0 Å². The monoisotopic (exact) mass is 1470 g/mol. The van der Waals surface area contributed by atoms with Gasteiger partial charge in [-0.15, -0.1) is 0 Å². The second kappa shape index (κ2) is 40.5. The van der Waals surface area contributed by atoms with Gasteiger partial charge >= 0.3 is 23.9 Å². The Bertz CT molecular complexity index is 3280. The number of allylic oxidation sites excluding steroid dienone is 20. The highest BCUT2D eigenvalue weighted by atomic mass is 16.7. The van der Waals surface area contributed by atoms with Crippen LogP contribution in [-0.2, 0) is 76.1 Å². The summed E-state index contributed by atoms with van der Waals surface area (Å²) in [6.45, 7) is 22.7. The van der Waals surface area contributed by atoms with E-state index in [-0.39, 0.29) is 30.8 Å². The minimum absolute atomic E-state index is 0.220. The molecule has 0 saturated carbocycles. The fraction of sp³-hybridized carbons (Fsp3) is 0.627. The summed E-state index contributed by atoms with van der Waals surface area (Å²) < 4.78 is 53.9. The molecule has 582 valence electrons. The quantitative estimate of drug-likeness (QED) is 0.0319. The third kappa shape index (κ3) is 24.6. The van der Waals surface area contributed by atoms with Crippen molar-refractivity contribution < 1.29 is 143 Å². The van der Waals surface area contributed by atoms with Crippen molar-refractivity contribution in [3.63, 3.8) is 0 Å². The minimum Gasteiger partial charge on any atom is -0.463 e. The molecule has 29 heteroatoms. The lowest BCUT2D eigenvalue weighted by molar-refractivity contribution is -0.355. The van der Waals surface area contributed by atoms with Crippen molar-refractivity contribution in [2.24, 2.45) is 10.8 Å². The molecule has 29 nitrogen and oxygen atoms in total. The summed E-state index contributed by atoms with van der Waals surface area (Å²) in [5.41, 5.74) is 5.88. The van der Waals surface area contributed by atoms with Crippen molar-refractivity contribution in [2.45, 2.75) is 270 Å². The van der Waals surface area contributed by atoms with E-state index in [0.717, 1.165) is 27.9 Å². The van der Waals surface area contributed by atoms with Crippen LogP contribution in [-0.4, -0.2) is 257 Å². The zero-order valence-electron chi connectivity index (χ0n) is 61.2. The van der Waals surface area contributed by atoms with Gasteiger partial charge in [-0.1, -0.05) is 142 Å². The first kappa shape index (κ1) is 88.2. The number of ether oxygens (including phenoxy) is 10. The summed E-state index contributed by atoms with van der Waals surface area (Å²) in [7, 11) is 0. The van der Waals surface area contributed by atoms with Crippen LogP contribution in [0.1, 0.15) is 135 Å². The van der Waals surface area contributed by atoms with Crippen molar-refractivity contribution in [1.82, 2.24) is 0 Å². The van der Waals surface area contributed by atoms with Gasteiger partial charge in [-0.2, -0.15) is 0 Å². The number of carbonyl (C=O) groups excluding carboxylic acids is 6. The first-order valence-corrected chi connectivity index (χ1v) is 34.7. The maximum atomic E-state index is 13.3. The Balaban J connectivity index is 0.000000378. The number of rotatable bonds is 27. The number of esters is 4. The van der Waals surface area contributed by atoms with Crippen LogP contribution in [0.3, 0.4) is 0 Å². The van der Waals surface area contributed by atoms with E-state index in [4.69, 9.17) is 47.4 Å². The summed E-state index contributed by atoms with van der Waals surface area (Å²) in [4.78, 5) is 77.1. The number of aliphatic hydroxyl groups excluding tert-OH is 13. The fourth-order valence-electron chi connectivity index (χ4n) is 12.3. The van der Waals surface area contributed by atoms with Gasteiger partial charge < -0.3 is 114 Å². The molecule has 4 saturated heterocycles. The topological polar surface area (TPSA) is 458 Å². The van der Waals surface area contributed by atoms with Crippen LogP contribution in [0, 0.1) is 10.8 Å². The predicted molar refractivity (Wildman–Crippen MR) is 371 cm³/mol. The second-order valence-corrected chi connectivity index (χ2v) is 28.1. The molecule has 0 aromatic carbocycles. The average Bonchev–Trinajstić information content (AvgIpc) is 0.809. The molecule has 6 rings (SSSR count). The largest absolute Gasteiger partial charge is 0.463 e. The average molecular weight is 1470 g/mol. The highest BCUT2D eigenvalue weighted by molar-refractivity contribution is 6.02. The van der Waals surface area contributed by atoms with Crippen molar-refractivity contribution in [3.8, 4) is 0 Å². The molecule has 4 heterocycles. The maximum absolute atomic E-state index is 13.3. The smallest absolute Gasteiger partial charge is 0.307 e. The molecule has 22 unspecified atom stereocenters. The summed E-state index contributed by atoms with van der Waals surface area (Å²) in [5.74, 6) is -4.04. The predicted octanol–water partition coefficient (Wildman–Crippen LogP) is 2.35. The lowest BCUT2D eigenvalue weighted by atomic mass is 9.71.